The van der Waals surface area contributed by atoms with Crippen molar-refractivity contribution in [3.63, 3.8) is 0 Å². The zero-order valence-electron chi connectivity index (χ0n) is 12.8. The molecule has 21 heavy (non-hydrogen) atoms. The average Bonchev–Trinajstić information content (AvgIpc) is 2.87. The first-order chi connectivity index (χ1) is 9.87. The molecule has 1 N–H and O–H groups in total. The Morgan fingerprint density at radius 1 is 1.29 bits per heavy atom. The molecule has 1 aliphatic heterocycles. The van der Waals surface area contributed by atoms with Crippen LogP contribution in [0.3, 0.4) is 0 Å². The van der Waals surface area contributed by atoms with Gasteiger partial charge in [0.25, 0.3) is 0 Å². The van der Waals surface area contributed by atoms with Gasteiger partial charge in [-0.15, -0.1) is 11.8 Å². The smallest absolute Gasteiger partial charge is 0.244 e. The van der Waals surface area contributed by atoms with E-state index in [1.807, 2.05) is 51.1 Å². The van der Waals surface area contributed by atoms with Crippen LogP contribution in [0.15, 0.2) is 30.3 Å². The van der Waals surface area contributed by atoms with E-state index in [-0.39, 0.29) is 23.4 Å². The molecule has 1 saturated heterocycles. The van der Waals surface area contributed by atoms with Gasteiger partial charge in [-0.3, -0.25) is 9.59 Å². The first kappa shape index (κ1) is 15.9. The van der Waals surface area contributed by atoms with Crippen LogP contribution in [-0.4, -0.2) is 39.9 Å². The molecule has 1 aromatic rings. The Morgan fingerprint density at radius 2 is 1.95 bits per heavy atom. The number of carbonyl (C=O) groups is 2. The highest BCUT2D eigenvalue weighted by atomic mass is 32.2. The van der Waals surface area contributed by atoms with Crippen molar-refractivity contribution in [1.82, 2.24) is 10.2 Å². The first-order valence-corrected chi connectivity index (χ1v) is 8.25. The van der Waals surface area contributed by atoms with E-state index in [9.17, 15) is 9.59 Å². The Morgan fingerprint density at radius 3 is 2.57 bits per heavy atom. The van der Waals surface area contributed by atoms with Crippen LogP contribution in [0.4, 0.5) is 0 Å². The molecule has 1 aliphatic rings. The molecule has 1 atom stereocenters. The van der Waals surface area contributed by atoms with Crippen molar-refractivity contribution in [2.75, 3.05) is 11.6 Å². The SMILES string of the molecule is CC(C)(C)NC(=O)[C@@H]1CSCN1C(=O)Cc1ccccc1. The third-order valence-corrected chi connectivity index (χ3v) is 4.21. The Hall–Kier alpha value is -1.49. The van der Waals surface area contributed by atoms with Gasteiger partial charge in [0.15, 0.2) is 0 Å². The zero-order chi connectivity index (χ0) is 15.5. The molecule has 0 radical (unpaired) electrons. The third-order valence-electron chi connectivity index (χ3n) is 3.20. The lowest BCUT2D eigenvalue weighted by Crippen LogP contribution is -2.52. The lowest BCUT2D eigenvalue weighted by atomic mass is 10.1. The van der Waals surface area contributed by atoms with Gasteiger partial charge in [-0.05, 0) is 26.3 Å². The topological polar surface area (TPSA) is 49.4 Å². The summed E-state index contributed by atoms with van der Waals surface area (Å²) in [5, 5.41) is 2.96. The van der Waals surface area contributed by atoms with Crippen molar-refractivity contribution in [3.8, 4) is 0 Å². The monoisotopic (exact) mass is 306 g/mol. The molecule has 0 unspecified atom stereocenters. The zero-order valence-corrected chi connectivity index (χ0v) is 13.6. The highest BCUT2D eigenvalue weighted by Gasteiger charge is 2.35. The quantitative estimate of drug-likeness (QED) is 0.930. The lowest BCUT2D eigenvalue weighted by molar-refractivity contribution is -0.138. The minimum atomic E-state index is -0.356. The van der Waals surface area contributed by atoms with Gasteiger partial charge in [0.2, 0.25) is 11.8 Å². The maximum Gasteiger partial charge on any atom is 0.244 e. The van der Waals surface area contributed by atoms with Crippen LogP contribution < -0.4 is 5.32 Å². The fourth-order valence-electron chi connectivity index (χ4n) is 2.23. The molecule has 1 aromatic carbocycles. The van der Waals surface area contributed by atoms with Gasteiger partial charge >= 0.3 is 0 Å². The van der Waals surface area contributed by atoms with Crippen molar-refractivity contribution in [2.45, 2.75) is 38.8 Å². The molecule has 2 amide bonds. The molecule has 0 saturated carbocycles. The third kappa shape index (κ3) is 4.49. The van der Waals surface area contributed by atoms with Crippen LogP contribution >= 0.6 is 11.8 Å². The Kier molecular flexibility index (Phi) is 4.93. The molecule has 2 rings (SSSR count). The van der Waals surface area contributed by atoms with Crippen molar-refractivity contribution in [1.29, 1.82) is 0 Å². The van der Waals surface area contributed by atoms with Crippen molar-refractivity contribution >= 4 is 23.6 Å². The highest BCUT2D eigenvalue weighted by Crippen LogP contribution is 2.22. The molecular formula is C16H22N2O2S. The van der Waals surface area contributed by atoms with Gasteiger partial charge in [-0.2, -0.15) is 0 Å². The second-order valence-corrected chi connectivity index (χ2v) is 7.28. The first-order valence-electron chi connectivity index (χ1n) is 7.10. The largest absolute Gasteiger partial charge is 0.350 e. The maximum absolute atomic E-state index is 12.4. The fourth-order valence-corrected chi connectivity index (χ4v) is 3.41. The molecule has 1 heterocycles. The molecule has 0 aromatic heterocycles. The van der Waals surface area contributed by atoms with Gasteiger partial charge in [0, 0.05) is 11.3 Å². The van der Waals surface area contributed by atoms with Gasteiger partial charge < -0.3 is 10.2 Å². The summed E-state index contributed by atoms with van der Waals surface area (Å²) in [6.45, 7) is 5.84. The van der Waals surface area contributed by atoms with Crippen molar-refractivity contribution in [2.24, 2.45) is 0 Å². The van der Waals surface area contributed by atoms with E-state index >= 15 is 0 Å². The number of rotatable bonds is 3. The molecular weight excluding hydrogens is 284 g/mol. The minimum Gasteiger partial charge on any atom is -0.350 e. The number of nitrogens with zero attached hydrogens (tertiary/aromatic N) is 1. The van der Waals surface area contributed by atoms with Crippen LogP contribution in [0.1, 0.15) is 26.3 Å². The molecule has 5 heteroatoms. The van der Waals surface area contributed by atoms with E-state index in [0.717, 1.165) is 5.56 Å². The summed E-state index contributed by atoms with van der Waals surface area (Å²) in [4.78, 5) is 26.4. The molecule has 1 fully saturated rings. The average molecular weight is 306 g/mol. The van der Waals surface area contributed by atoms with Gasteiger partial charge in [0.05, 0.1) is 12.3 Å². The van der Waals surface area contributed by atoms with Crippen LogP contribution in [-0.2, 0) is 16.0 Å². The highest BCUT2D eigenvalue weighted by molar-refractivity contribution is 7.99. The molecule has 0 spiro atoms. The minimum absolute atomic E-state index is 0.0141. The summed E-state index contributed by atoms with van der Waals surface area (Å²) in [6, 6.07) is 9.29. The number of hydrogen-bond donors (Lipinski definition) is 1. The number of nitrogens with one attached hydrogen (secondary N) is 1. The van der Waals surface area contributed by atoms with E-state index in [2.05, 4.69) is 5.32 Å². The number of benzene rings is 1. The summed E-state index contributed by atoms with van der Waals surface area (Å²) < 4.78 is 0. The molecule has 114 valence electrons. The normalized spacial score (nSPS) is 18.6. The second-order valence-electron chi connectivity index (χ2n) is 6.28. The van der Waals surface area contributed by atoms with E-state index in [1.54, 1.807) is 16.7 Å². The van der Waals surface area contributed by atoms with E-state index in [1.165, 1.54) is 0 Å². The summed E-state index contributed by atoms with van der Waals surface area (Å²) in [7, 11) is 0. The predicted octanol–water partition coefficient (Wildman–Crippen LogP) is 2.05. The summed E-state index contributed by atoms with van der Waals surface area (Å²) >= 11 is 1.63. The number of amides is 2. The van der Waals surface area contributed by atoms with Crippen LogP contribution in [0.25, 0.3) is 0 Å². The van der Waals surface area contributed by atoms with E-state index < -0.39 is 0 Å². The van der Waals surface area contributed by atoms with Crippen molar-refractivity contribution < 1.29 is 9.59 Å². The predicted molar refractivity (Wildman–Crippen MR) is 86.0 cm³/mol. The standard InChI is InChI=1S/C16H22N2O2S/c1-16(2,3)17-15(20)13-10-21-11-18(13)14(19)9-12-7-5-4-6-8-12/h4-8,13H,9-11H2,1-3H3,(H,17,20)/t13-/m0/s1. The van der Waals surface area contributed by atoms with Crippen LogP contribution in [0, 0.1) is 0 Å². The van der Waals surface area contributed by atoms with E-state index in [4.69, 9.17) is 0 Å². The van der Waals surface area contributed by atoms with Gasteiger partial charge in [0.1, 0.15) is 6.04 Å². The van der Waals surface area contributed by atoms with Crippen LogP contribution in [0.2, 0.25) is 0 Å². The van der Waals surface area contributed by atoms with Crippen molar-refractivity contribution in [3.05, 3.63) is 35.9 Å². The van der Waals surface area contributed by atoms with Gasteiger partial charge in [-0.25, -0.2) is 0 Å². The lowest BCUT2D eigenvalue weighted by Gasteiger charge is -2.27. The number of hydrogen-bond acceptors (Lipinski definition) is 3. The van der Waals surface area contributed by atoms with E-state index in [0.29, 0.717) is 18.1 Å². The van der Waals surface area contributed by atoms with Crippen LogP contribution in [0.5, 0.6) is 0 Å². The maximum atomic E-state index is 12.4. The number of thioether (sulfide) groups is 1. The Balaban J connectivity index is 2.01. The molecule has 0 aliphatic carbocycles. The molecule has 0 bridgehead atoms. The second kappa shape index (κ2) is 6.52. The molecule has 4 nitrogen and oxygen atoms in total. The Bertz CT molecular complexity index is 511. The summed E-state index contributed by atoms with van der Waals surface area (Å²) in [5.74, 6) is 1.21. The fraction of sp³-hybridized carbons (Fsp3) is 0.500. The summed E-state index contributed by atoms with van der Waals surface area (Å²) in [6.07, 6.45) is 0.348. The number of carbonyl (C=O) groups excluding carboxylic acids is 2. The summed E-state index contributed by atoms with van der Waals surface area (Å²) in [5.41, 5.74) is 0.702. The van der Waals surface area contributed by atoms with Gasteiger partial charge in [-0.1, -0.05) is 30.3 Å². The Labute approximate surface area is 130 Å².